The zero-order chi connectivity index (χ0) is 9.19. The lowest BCUT2D eigenvalue weighted by Gasteiger charge is -2.34. The molecule has 0 aromatic rings. The normalized spacial score (nSPS) is 36.1. The van der Waals surface area contributed by atoms with Gasteiger partial charge in [-0.25, -0.2) is 0 Å². The van der Waals surface area contributed by atoms with E-state index in [2.05, 4.69) is 6.92 Å². The molecule has 0 spiro atoms. The van der Waals surface area contributed by atoms with Crippen molar-refractivity contribution in [2.75, 3.05) is 7.11 Å². The molecule has 1 aliphatic carbocycles. The first-order valence-electron chi connectivity index (χ1n) is 4.67. The molecule has 0 unspecified atom stereocenters. The molecule has 1 aliphatic rings. The lowest BCUT2D eigenvalue weighted by Crippen LogP contribution is -2.33. The second-order valence-electron chi connectivity index (χ2n) is 4.25. The second-order valence-corrected chi connectivity index (χ2v) is 4.25. The third-order valence-electron chi connectivity index (χ3n) is 2.90. The number of methoxy groups -OCH3 is 1. The van der Waals surface area contributed by atoms with Crippen molar-refractivity contribution in [1.82, 2.24) is 0 Å². The Kier molecular flexibility index (Phi) is 2.76. The molecule has 0 aliphatic heterocycles. The Morgan fingerprint density at radius 1 is 1.58 bits per heavy atom. The average molecular weight is 170 g/mol. The molecule has 70 valence electrons. The zero-order valence-corrected chi connectivity index (χ0v) is 8.22. The predicted molar refractivity (Wildman–Crippen MR) is 47.8 cm³/mol. The van der Waals surface area contributed by atoms with Gasteiger partial charge in [0, 0.05) is 0 Å². The van der Waals surface area contributed by atoms with Gasteiger partial charge in [-0.05, 0) is 25.7 Å². The summed E-state index contributed by atoms with van der Waals surface area (Å²) in [5.41, 5.74) is -0.202. The zero-order valence-electron chi connectivity index (χ0n) is 8.22. The first-order valence-corrected chi connectivity index (χ1v) is 4.67. The van der Waals surface area contributed by atoms with Gasteiger partial charge in [0.2, 0.25) is 0 Å². The highest BCUT2D eigenvalue weighted by Crippen LogP contribution is 2.39. The maximum Gasteiger partial charge on any atom is 0.311 e. The van der Waals surface area contributed by atoms with Gasteiger partial charge in [0.25, 0.3) is 0 Å². The molecule has 2 nitrogen and oxygen atoms in total. The van der Waals surface area contributed by atoms with Gasteiger partial charge in [0.15, 0.2) is 0 Å². The summed E-state index contributed by atoms with van der Waals surface area (Å²) in [5.74, 6) is 0.636. The summed E-state index contributed by atoms with van der Waals surface area (Å²) in [5, 5.41) is 0. The lowest BCUT2D eigenvalue weighted by molar-refractivity contribution is -0.154. The highest BCUT2D eigenvalue weighted by Gasteiger charge is 2.37. The van der Waals surface area contributed by atoms with Crippen LogP contribution in [0, 0.1) is 11.3 Å². The quantitative estimate of drug-likeness (QED) is 0.565. The first kappa shape index (κ1) is 9.56. The minimum Gasteiger partial charge on any atom is -0.469 e. The van der Waals surface area contributed by atoms with Crippen LogP contribution in [-0.4, -0.2) is 13.1 Å². The van der Waals surface area contributed by atoms with Gasteiger partial charge in [0.05, 0.1) is 12.5 Å². The van der Waals surface area contributed by atoms with Crippen LogP contribution in [0.1, 0.15) is 39.5 Å². The van der Waals surface area contributed by atoms with Crippen LogP contribution in [0.3, 0.4) is 0 Å². The van der Waals surface area contributed by atoms with Crippen LogP contribution in [0.25, 0.3) is 0 Å². The Morgan fingerprint density at radius 3 is 2.75 bits per heavy atom. The third kappa shape index (κ3) is 1.79. The molecule has 2 atom stereocenters. The standard InChI is InChI=1S/C10H18O2/c1-8-5-4-6-10(2,7-8)9(11)12-3/h8H,4-7H2,1-3H3/t8-,10+/m0/s1. The van der Waals surface area contributed by atoms with Crippen LogP contribution < -0.4 is 0 Å². The Balaban J connectivity index is 2.63. The largest absolute Gasteiger partial charge is 0.469 e. The van der Waals surface area contributed by atoms with Crippen molar-refractivity contribution < 1.29 is 9.53 Å². The Morgan fingerprint density at radius 2 is 2.25 bits per heavy atom. The molecule has 12 heavy (non-hydrogen) atoms. The van der Waals surface area contributed by atoms with Crippen LogP contribution >= 0.6 is 0 Å². The Bertz CT molecular complexity index is 177. The van der Waals surface area contributed by atoms with Gasteiger partial charge in [-0.1, -0.05) is 19.8 Å². The molecule has 0 N–H and O–H groups in total. The molecule has 0 aromatic carbocycles. The molecule has 1 saturated carbocycles. The summed E-state index contributed by atoms with van der Waals surface area (Å²) in [7, 11) is 1.48. The molecule has 1 fully saturated rings. The van der Waals surface area contributed by atoms with E-state index in [0.29, 0.717) is 5.92 Å². The Hall–Kier alpha value is -0.530. The minimum absolute atomic E-state index is 0.0333. The second kappa shape index (κ2) is 3.46. The van der Waals surface area contributed by atoms with Crippen LogP contribution in [0.15, 0.2) is 0 Å². The molecule has 0 amide bonds. The molecule has 0 bridgehead atoms. The highest BCUT2D eigenvalue weighted by atomic mass is 16.5. The molecule has 1 rings (SSSR count). The van der Waals surface area contributed by atoms with Gasteiger partial charge in [0.1, 0.15) is 0 Å². The fraction of sp³-hybridized carbons (Fsp3) is 0.900. The van der Waals surface area contributed by atoms with E-state index >= 15 is 0 Å². The summed E-state index contributed by atoms with van der Waals surface area (Å²) in [4.78, 5) is 11.4. The van der Waals surface area contributed by atoms with Crippen molar-refractivity contribution in [3.63, 3.8) is 0 Å². The number of carbonyl (C=O) groups is 1. The van der Waals surface area contributed by atoms with Gasteiger partial charge < -0.3 is 4.74 Å². The van der Waals surface area contributed by atoms with Gasteiger partial charge >= 0.3 is 5.97 Å². The molecule has 2 heteroatoms. The summed E-state index contributed by atoms with van der Waals surface area (Å²) >= 11 is 0. The van der Waals surface area contributed by atoms with E-state index in [1.165, 1.54) is 13.5 Å². The van der Waals surface area contributed by atoms with E-state index in [0.717, 1.165) is 19.3 Å². The van der Waals surface area contributed by atoms with E-state index in [9.17, 15) is 4.79 Å². The molecule has 0 saturated heterocycles. The van der Waals surface area contributed by atoms with Crippen molar-refractivity contribution in [2.45, 2.75) is 39.5 Å². The van der Waals surface area contributed by atoms with E-state index in [1.54, 1.807) is 0 Å². The van der Waals surface area contributed by atoms with Gasteiger partial charge in [-0.3, -0.25) is 4.79 Å². The minimum atomic E-state index is -0.202. The highest BCUT2D eigenvalue weighted by molar-refractivity contribution is 5.76. The van der Waals surface area contributed by atoms with Crippen molar-refractivity contribution in [2.24, 2.45) is 11.3 Å². The van der Waals surface area contributed by atoms with E-state index < -0.39 is 0 Å². The molecule has 0 aromatic heterocycles. The van der Waals surface area contributed by atoms with E-state index in [-0.39, 0.29) is 11.4 Å². The SMILES string of the molecule is COC(=O)[C@]1(C)CCC[C@H](C)C1. The number of hydrogen-bond acceptors (Lipinski definition) is 2. The summed E-state index contributed by atoms with van der Waals surface area (Å²) in [6.07, 6.45) is 4.39. The summed E-state index contributed by atoms with van der Waals surface area (Å²) in [6, 6.07) is 0. The number of rotatable bonds is 1. The van der Waals surface area contributed by atoms with Gasteiger partial charge in [-0.2, -0.15) is 0 Å². The number of hydrogen-bond donors (Lipinski definition) is 0. The maximum atomic E-state index is 11.4. The first-order chi connectivity index (χ1) is 5.58. The summed E-state index contributed by atoms with van der Waals surface area (Å²) < 4.78 is 4.80. The molecular weight excluding hydrogens is 152 g/mol. The van der Waals surface area contributed by atoms with Crippen molar-refractivity contribution >= 4 is 5.97 Å². The smallest absolute Gasteiger partial charge is 0.311 e. The average Bonchev–Trinajstić information content (AvgIpc) is 2.02. The monoisotopic (exact) mass is 170 g/mol. The van der Waals surface area contributed by atoms with Crippen LogP contribution in [0.2, 0.25) is 0 Å². The van der Waals surface area contributed by atoms with E-state index in [4.69, 9.17) is 4.74 Å². The molecular formula is C10H18O2. The number of carbonyl (C=O) groups excluding carboxylic acids is 1. The lowest BCUT2D eigenvalue weighted by atomic mass is 9.71. The van der Waals surface area contributed by atoms with Crippen LogP contribution in [0.4, 0.5) is 0 Å². The third-order valence-corrected chi connectivity index (χ3v) is 2.90. The predicted octanol–water partition coefficient (Wildman–Crippen LogP) is 2.38. The number of esters is 1. The van der Waals surface area contributed by atoms with E-state index in [1.807, 2.05) is 6.92 Å². The van der Waals surface area contributed by atoms with Crippen molar-refractivity contribution in [1.29, 1.82) is 0 Å². The van der Waals surface area contributed by atoms with Crippen molar-refractivity contribution in [3.8, 4) is 0 Å². The van der Waals surface area contributed by atoms with Crippen molar-refractivity contribution in [3.05, 3.63) is 0 Å². The maximum absolute atomic E-state index is 11.4. The summed E-state index contributed by atoms with van der Waals surface area (Å²) in [6.45, 7) is 4.23. The van der Waals surface area contributed by atoms with Crippen LogP contribution in [0.5, 0.6) is 0 Å². The fourth-order valence-corrected chi connectivity index (χ4v) is 2.25. The molecule has 0 heterocycles. The Labute approximate surface area is 74.3 Å². The topological polar surface area (TPSA) is 26.3 Å². The van der Waals surface area contributed by atoms with Gasteiger partial charge in [-0.15, -0.1) is 0 Å². The van der Waals surface area contributed by atoms with Crippen LogP contribution in [-0.2, 0) is 9.53 Å². The number of ether oxygens (including phenoxy) is 1. The fourth-order valence-electron chi connectivity index (χ4n) is 2.25. The molecule has 0 radical (unpaired) electrons.